The highest BCUT2D eigenvalue weighted by Gasteiger charge is 2.12. The maximum Gasteiger partial charge on any atom is 0.230 e. The number of carbonyl (C=O) groups is 1. The molecular weight excluding hydrogens is 370 g/mol. The average Bonchev–Trinajstić information content (AvgIpc) is 3.15. The number of thioether (sulfide) groups is 1. The molecule has 0 radical (unpaired) electrons. The van der Waals surface area contributed by atoms with Gasteiger partial charge >= 0.3 is 0 Å². The number of anilines is 1. The molecule has 0 aliphatic rings. The highest BCUT2D eigenvalue weighted by molar-refractivity contribution is 7.99. The third-order valence-electron chi connectivity index (χ3n) is 4.42. The SMILES string of the molecule is Cc1ccc(C)c(-n2cnnc2SCC(=O)NCc2ccc(N(C)C)cc2)c1. The van der Waals surface area contributed by atoms with Crippen LogP contribution in [0.2, 0.25) is 0 Å². The zero-order valence-corrected chi connectivity index (χ0v) is 17.5. The van der Waals surface area contributed by atoms with E-state index in [0.717, 1.165) is 22.5 Å². The lowest BCUT2D eigenvalue weighted by Crippen LogP contribution is -2.24. The minimum absolute atomic E-state index is 0.0304. The standard InChI is InChI=1S/C21H25N5OS/c1-15-5-6-16(2)19(11-15)26-14-23-24-21(26)28-13-20(27)22-12-17-7-9-18(10-8-17)25(3)4/h5-11,14H,12-13H2,1-4H3,(H,22,27). The van der Waals surface area contributed by atoms with Crippen LogP contribution >= 0.6 is 11.8 Å². The van der Waals surface area contributed by atoms with Crippen LogP contribution in [-0.4, -0.2) is 40.5 Å². The summed E-state index contributed by atoms with van der Waals surface area (Å²) < 4.78 is 1.93. The van der Waals surface area contributed by atoms with Crippen LogP contribution in [0.4, 0.5) is 5.69 Å². The number of nitrogens with one attached hydrogen (secondary N) is 1. The molecular formula is C21H25N5OS. The number of nitrogens with zero attached hydrogens (tertiary/aromatic N) is 4. The molecule has 0 atom stereocenters. The lowest BCUT2D eigenvalue weighted by Gasteiger charge is -2.13. The monoisotopic (exact) mass is 395 g/mol. The fourth-order valence-corrected chi connectivity index (χ4v) is 3.51. The van der Waals surface area contributed by atoms with Gasteiger partial charge in [-0.05, 0) is 48.7 Å². The molecule has 1 aromatic heterocycles. The van der Waals surface area contributed by atoms with Crippen LogP contribution in [0.1, 0.15) is 16.7 Å². The Labute approximate surface area is 170 Å². The number of amides is 1. The van der Waals surface area contributed by atoms with Crippen LogP contribution < -0.4 is 10.2 Å². The molecule has 0 aliphatic heterocycles. The molecule has 6 nitrogen and oxygen atoms in total. The van der Waals surface area contributed by atoms with E-state index in [0.29, 0.717) is 17.5 Å². The first-order chi connectivity index (χ1) is 13.4. The van der Waals surface area contributed by atoms with E-state index in [-0.39, 0.29) is 5.91 Å². The Balaban J connectivity index is 1.57. The first kappa shape index (κ1) is 19.9. The number of hydrogen-bond donors (Lipinski definition) is 1. The second kappa shape index (κ2) is 8.93. The van der Waals surface area contributed by atoms with Crippen molar-refractivity contribution in [3.05, 3.63) is 65.5 Å². The maximum absolute atomic E-state index is 12.3. The van der Waals surface area contributed by atoms with Gasteiger partial charge in [-0.2, -0.15) is 0 Å². The minimum Gasteiger partial charge on any atom is -0.378 e. The fraction of sp³-hybridized carbons (Fsp3) is 0.286. The summed E-state index contributed by atoms with van der Waals surface area (Å²) in [6.45, 7) is 4.62. The second-order valence-corrected chi connectivity index (χ2v) is 7.84. The smallest absolute Gasteiger partial charge is 0.230 e. The van der Waals surface area contributed by atoms with Crippen LogP contribution in [0.25, 0.3) is 5.69 Å². The van der Waals surface area contributed by atoms with Crippen LogP contribution in [0, 0.1) is 13.8 Å². The van der Waals surface area contributed by atoms with Crippen LogP contribution in [-0.2, 0) is 11.3 Å². The Morgan fingerprint density at radius 2 is 1.89 bits per heavy atom. The molecule has 0 aliphatic carbocycles. The first-order valence-electron chi connectivity index (χ1n) is 9.07. The molecule has 3 rings (SSSR count). The zero-order valence-electron chi connectivity index (χ0n) is 16.6. The van der Waals surface area contributed by atoms with E-state index in [9.17, 15) is 4.79 Å². The van der Waals surface area contributed by atoms with E-state index in [1.807, 2.05) is 47.8 Å². The molecule has 1 heterocycles. The van der Waals surface area contributed by atoms with Crippen LogP contribution in [0.5, 0.6) is 0 Å². The van der Waals surface area contributed by atoms with Gasteiger partial charge in [0.2, 0.25) is 5.91 Å². The quantitative estimate of drug-likeness (QED) is 0.622. The molecule has 3 aromatic rings. The van der Waals surface area contributed by atoms with Crippen molar-refractivity contribution < 1.29 is 4.79 Å². The Hall–Kier alpha value is -2.80. The lowest BCUT2D eigenvalue weighted by molar-refractivity contribution is -0.118. The number of aromatic nitrogens is 3. The number of benzene rings is 2. The third kappa shape index (κ3) is 4.92. The summed E-state index contributed by atoms with van der Waals surface area (Å²) in [5, 5.41) is 11.9. The van der Waals surface area contributed by atoms with Crippen molar-refractivity contribution >= 4 is 23.4 Å². The van der Waals surface area contributed by atoms with Crippen molar-refractivity contribution in [3.8, 4) is 5.69 Å². The van der Waals surface area contributed by atoms with Crippen molar-refractivity contribution in [1.29, 1.82) is 0 Å². The van der Waals surface area contributed by atoms with Gasteiger partial charge in [-0.15, -0.1) is 10.2 Å². The van der Waals surface area contributed by atoms with E-state index in [2.05, 4.69) is 47.6 Å². The molecule has 2 aromatic carbocycles. The third-order valence-corrected chi connectivity index (χ3v) is 5.36. The largest absolute Gasteiger partial charge is 0.378 e. The molecule has 0 saturated carbocycles. The minimum atomic E-state index is -0.0304. The Kier molecular flexibility index (Phi) is 6.36. The summed E-state index contributed by atoms with van der Waals surface area (Å²) in [7, 11) is 4.01. The molecule has 0 saturated heterocycles. The van der Waals surface area contributed by atoms with Gasteiger partial charge in [-0.1, -0.05) is 36.0 Å². The molecule has 0 unspecified atom stereocenters. The van der Waals surface area contributed by atoms with Gasteiger partial charge in [-0.25, -0.2) is 0 Å². The van der Waals surface area contributed by atoms with E-state index < -0.39 is 0 Å². The number of rotatable bonds is 7. The van der Waals surface area contributed by atoms with Crippen molar-refractivity contribution in [2.75, 3.05) is 24.7 Å². The van der Waals surface area contributed by atoms with Gasteiger partial charge < -0.3 is 10.2 Å². The van der Waals surface area contributed by atoms with Crippen LogP contribution in [0.15, 0.2) is 53.9 Å². The Bertz CT molecular complexity index is 950. The maximum atomic E-state index is 12.3. The van der Waals surface area contributed by atoms with Crippen molar-refractivity contribution in [2.45, 2.75) is 25.5 Å². The van der Waals surface area contributed by atoms with E-state index >= 15 is 0 Å². The van der Waals surface area contributed by atoms with Gasteiger partial charge in [0.15, 0.2) is 5.16 Å². The summed E-state index contributed by atoms with van der Waals surface area (Å²) >= 11 is 1.38. The summed E-state index contributed by atoms with van der Waals surface area (Å²) in [6.07, 6.45) is 1.69. The van der Waals surface area contributed by atoms with Crippen molar-refractivity contribution in [2.24, 2.45) is 0 Å². The zero-order chi connectivity index (χ0) is 20.1. The van der Waals surface area contributed by atoms with Gasteiger partial charge in [-0.3, -0.25) is 9.36 Å². The lowest BCUT2D eigenvalue weighted by atomic mass is 10.1. The molecule has 146 valence electrons. The van der Waals surface area contributed by atoms with Gasteiger partial charge in [0.25, 0.3) is 0 Å². The summed E-state index contributed by atoms with van der Waals surface area (Å²) in [5.74, 6) is 0.261. The Morgan fingerprint density at radius 1 is 1.14 bits per heavy atom. The van der Waals surface area contributed by atoms with Crippen LogP contribution in [0.3, 0.4) is 0 Å². The summed E-state index contributed by atoms with van der Waals surface area (Å²) in [4.78, 5) is 14.3. The Morgan fingerprint density at radius 3 is 2.61 bits per heavy atom. The number of aryl methyl sites for hydroxylation is 2. The van der Waals surface area contributed by atoms with Crippen molar-refractivity contribution in [3.63, 3.8) is 0 Å². The van der Waals surface area contributed by atoms with Gasteiger partial charge in [0, 0.05) is 26.3 Å². The molecule has 7 heteroatoms. The average molecular weight is 396 g/mol. The van der Waals surface area contributed by atoms with E-state index in [4.69, 9.17) is 0 Å². The summed E-state index contributed by atoms with van der Waals surface area (Å²) in [6, 6.07) is 14.4. The van der Waals surface area contributed by atoms with E-state index in [1.54, 1.807) is 6.33 Å². The predicted molar refractivity (Wildman–Crippen MR) is 114 cm³/mol. The summed E-state index contributed by atoms with van der Waals surface area (Å²) in [5.41, 5.74) is 5.55. The highest BCUT2D eigenvalue weighted by atomic mass is 32.2. The van der Waals surface area contributed by atoms with Gasteiger partial charge in [0.05, 0.1) is 11.4 Å². The second-order valence-electron chi connectivity index (χ2n) is 6.90. The molecule has 0 bridgehead atoms. The fourth-order valence-electron chi connectivity index (χ4n) is 2.76. The van der Waals surface area contributed by atoms with Crippen molar-refractivity contribution in [1.82, 2.24) is 20.1 Å². The van der Waals surface area contributed by atoms with E-state index in [1.165, 1.54) is 17.3 Å². The molecule has 0 spiro atoms. The topological polar surface area (TPSA) is 63.1 Å². The van der Waals surface area contributed by atoms with Gasteiger partial charge in [0.1, 0.15) is 6.33 Å². The molecule has 0 fully saturated rings. The first-order valence-corrected chi connectivity index (χ1v) is 10.1. The molecule has 1 N–H and O–H groups in total. The number of carbonyl (C=O) groups excluding carboxylic acids is 1. The predicted octanol–water partition coefficient (Wildman–Crippen LogP) is 3.36. The number of hydrogen-bond acceptors (Lipinski definition) is 5. The molecule has 1 amide bonds. The normalized spacial score (nSPS) is 10.7. The molecule has 28 heavy (non-hydrogen) atoms. The highest BCUT2D eigenvalue weighted by Crippen LogP contribution is 2.22.